The lowest BCUT2D eigenvalue weighted by atomic mass is 9.94. The number of carboxylic acids is 1. The van der Waals surface area contributed by atoms with Gasteiger partial charge < -0.3 is 20.8 Å². The molecule has 0 unspecified atom stereocenters. The molecule has 4 rings (SSSR count). The lowest BCUT2D eigenvalue weighted by Gasteiger charge is -2.25. The maximum atomic E-state index is 11.7. The van der Waals surface area contributed by atoms with Crippen LogP contribution in [0, 0.1) is 0 Å². The Morgan fingerprint density at radius 2 is 1.56 bits per heavy atom. The van der Waals surface area contributed by atoms with Gasteiger partial charge in [0.2, 0.25) is 0 Å². The predicted molar refractivity (Wildman–Crippen MR) is 152 cm³/mol. The Hall–Kier alpha value is -2.57. The van der Waals surface area contributed by atoms with Gasteiger partial charge in [-0.15, -0.1) is 24.8 Å². The molecule has 1 saturated carbocycles. The first-order chi connectivity index (χ1) is 16.6. The molecule has 0 bridgehead atoms. The van der Waals surface area contributed by atoms with Crippen LogP contribution >= 0.6 is 24.8 Å². The first-order valence-electron chi connectivity index (χ1n) is 12.3. The third kappa shape index (κ3) is 8.24. The summed E-state index contributed by atoms with van der Waals surface area (Å²) in [5, 5.41) is 26.7. The second-order valence-corrected chi connectivity index (χ2v) is 9.12. The minimum absolute atomic E-state index is 0. The zero-order valence-electron chi connectivity index (χ0n) is 20.4. The van der Waals surface area contributed by atoms with Crippen molar-refractivity contribution in [2.24, 2.45) is 0 Å². The molecule has 4 N–H and O–H groups in total. The first-order valence-corrected chi connectivity index (χ1v) is 12.3. The van der Waals surface area contributed by atoms with Gasteiger partial charge in [-0.05, 0) is 60.2 Å². The van der Waals surface area contributed by atoms with Gasteiger partial charge in [-0.25, -0.2) is 4.79 Å². The SMILES string of the molecule is Cl.Cl.O=C(O)c1ccc(-c2ccc(CCNC[C@@H](O)c3ccccc3)cc2)cc1NC1CCCCC1. The summed E-state index contributed by atoms with van der Waals surface area (Å²) in [7, 11) is 0. The lowest BCUT2D eigenvalue weighted by molar-refractivity contribution is 0.0698. The molecule has 1 aliphatic rings. The fourth-order valence-electron chi connectivity index (χ4n) is 4.62. The third-order valence-electron chi connectivity index (χ3n) is 6.61. The average Bonchev–Trinajstić information content (AvgIpc) is 2.88. The second-order valence-electron chi connectivity index (χ2n) is 9.12. The van der Waals surface area contributed by atoms with Crippen LogP contribution in [0.5, 0.6) is 0 Å². The van der Waals surface area contributed by atoms with Crippen LogP contribution < -0.4 is 10.6 Å². The summed E-state index contributed by atoms with van der Waals surface area (Å²) < 4.78 is 0. The van der Waals surface area contributed by atoms with E-state index in [1.807, 2.05) is 42.5 Å². The van der Waals surface area contributed by atoms with Crippen molar-refractivity contribution >= 4 is 36.5 Å². The van der Waals surface area contributed by atoms with Gasteiger partial charge in [0, 0.05) is 18.3 Å². The van der Waals surface area contributed by atoms with E-state index in [-0.39, 0.29) is 24.8 Å². The number of hydrogen-bond acceptors (Lipinski definition) is 4. The number of aliphatic hydroxyl groups excluding tert-OH is 1. The van der Waals surface area contributed by atoms with E-state index in [9.17, 15) is 15.0 Å². The van der Waals surface area contributed by atoms with E-state index in [1.54, 1.807) is 6.07 Å². The van der Waals surface area contributed by atoms with Crippen molar-refractivity contribution in [2.45, 2.75) is 50.7 Å². The first kappa shape index (κ1) is 29.7. The highest BCUT2D eigenvalue weighted by atomic mass is 35.5. The number of aromatic carboxylic acids is 1. The van der Waals surface area contributed by atoms with Gasteiger partial charge in [0.15, 0.2) is 0 Å². The molecule has 1 aliphatic carbocycles. The Labute approximate surface area is 226 Å². The summed E-state index contributed by atoms with van der Waals surface area (Å²) in [6.45, 7) is 1.31. The molecule has 1 atom stereocenters. The number of benzene rings is 3. The monoisotopic (exact) mass is 530 g/mol. The Balaban J connectivity index is 0.00000228. The van der Waals surface area contributed by atoms with Gasteiger partial charge in [0.05, 0.1) is 11.7 Å². The van der Waals surface area contributed by atoms with E-state index in [0.29, 0.717) is 23.8 Å². The normalized spacial score (nSPS) is 14.2. The average molecular weight is 532 g/mol. The molecule has 36 heavy (non-hydrogen) atoms. The summed E-state index contributed by atoms with van der Waals surface area (Å²) in [6, 6.07) is 24.0. The summed E-state index contributed by atoms with van der Waals surface area (Å²) >= 11 is 0. The number of carboxylic acid groups (broad SMARTS) is 1. The maximum absolute atomic E-state index is 11.7. The molecule has 1 fully saturated rings. The van der Waals surface area contributed by atoms with E-state index in [0.717, 1.165) is 42.5 Å². The van der Waals surface area contributed by atoms with Crippen LogP contribution in [0.4, 0.5) is 5.69 Å². The molecule has 0 aliphatic heterocycles. The highest BCUT2D eigenvalue weighted by Gasteiger charge is 2.17. The molecule has 3 aromatic carbocycles. The zero-order chi connectivity index (χ0) is 23.8. The third-order valence-corrected chi connectivity index (χ3v) is 6.61. The van der Waals surface area contributed by atoms with Gasteiger partial charge >= 0.3 is 5.97 Å². The second kappa shape index (κ2) is 14.9. The number of hydrogen-bond donors (Lipinski definition) is 4. The number of halogens is 2. The van der Waals surface area contributed by atoms with Crippen molar-refractivity contribution in [3.63, 3.8) is 0 Å². The standard InChI is InChI=1S/C29H34N2O3.2ClH/c32-28(23-7-3-1-4-8-23)20-30-18-17-21-11-13-22(14-12-21)24-15-16-26(29(33)34)27(19-24)31-25-9-5-2-6-10-25;;/h1,3-4,7-8,11-16,19,25,28,30-32H,2,5-6,9-10,17-18,20H2,(H,33,34);2*1H/t28-;;/m1../s1. The fraction of sp³-hybridized carbons (Fsp3) is 0.345. The van der Waals surface area contributed by atoms with Gasteiger partial charge in [-0.3, -0.25) is 0 Å². The van der Waals surface area contributed by atoms with Gasteiger partial charge in [-0.1, -0.05) is 79.9 Å². The van der Waals surface area contributed by atoms with Gasteiger partial charge in [0.25, 0.3) is 0 Å². The van der Waals surface area contributed by atoms with Crippen molar-refractivity contribution in [1.82, 2.24) is 5.32 Å². The minimum atomic E-state index is -0.898. The Morgan fingerprint density at radius 3 is 2.22 bits per heavy atom. The summed E-state index contributed by atoms with van der Waals surface area (Å²) in [5.74, 6) is -0.898. The lowest BCUT2D eigenvalue weighted by Crippen LogP contribution is -2.23. The van der Waals surface area contributed by atoms with E-state index in [1.165, 1.54) is 24.8 Å². The van der Waals surface area contributed by atoms with Crippen LogP contribution in [0.3, 0.4) is 0 Å². The molecule has 5 nitrogen and oxygen atoms in total. The molecular formula is C29H36Cl2N2O3. The molecule has 0 aromatic heterocycles. The van der Waals surface area contributed by atoms with Crippen LogP contribution in [-0.2, 0) is 6.42 Å². The molecule has 194 valence electrons. The number of rotatable bonds is 10. The topological polar surface area (TPSA) is 81.6 Å². The van der Waals surface area contributed by atoms with Crippen molar-refractivity contribution in [1.29, 1.82) is 0 Å². The molecular weight excluding hydrogens is 495 g/mol. The van der Waals surface area contributed by atoms with Gasteiger partial charge in [0.1, 0.15) is 0 Å². The van der Waals surface area contributed by atoms with E-state index < -0.39 is 12.1 Å². The van der Waals surface area contributed by atoms with Crippen LogP contribution in [0.25, 0.3) is 11.1 Å². The van der Waals surface area contributed by atoms with Crippen molar-refractivity contribution in [3.05, 3.63) is 89.5 Å². The molecule has 0 amide bonds. The Kier molecular flexibility index (Phi) is 12.2. The highest BCUT2D eigenvalue weighted by Crippen LogP contribution is 2.29. The fourth-order valence-corrected chi connectivity index (χ4v) is 4.62. The van der Waals surface area contributed by atoms with Crippen molar-refractivity contribution in [3.8, 4) is 11.1 Å². The number of carbonyl (C=O) groups is 1. The molecule has 7 heteroatoms. The van der Waals surface area contributed by atoms with Crippen molar-refractivity contribution in [2.75, 3.05) is 18.4 Å². The number of aliphatic hydroxyl groups is 1. The summed E-state index contributed by atoms with van der Waals surface area (Å²) in [5.41, 5.74) is 5.26. The predicted octanol–water partition coefficient (Wildman–Crippen LogP) is 6.51. The van der Waals surface area contributed by atoms with E-state index in [4.69, 9.17) is 0 Å². The Bertz CT molecular complexity index is 1070. The van der Waals surface area contributed by atoms with Crippen molar-refractivity contribution < 1.29 is 15.0 Å². The van der Waals surface area contributed by atoms with E-state index >= 15 is 0 Å². The molecule has 0 radical (unpaired) electrons. The van der Waals surface area contributed by atoms with Crippen LogP contribution in [-0.4, -0.2) is 35.3 Å². The van der Waals surface area contributed by atoms with Gasteiger partial charge in [-0.2, -0.15) is 0 Å². The van der Waals surface area contributed by atoms with Crippen LogP contribution in [0.1, 0.15) is 59.7 Å². The number of anilines is 1. The largest absolute Gasteiger partial charge is 0.478 e. The molecule has 0 heterocycles. The zero-order valence-corrected chi connectivity index (χ0v) is 22.0. The maximum Gasteiger partial charge on any atom is 0.337 e. The smallest absolute Gasteiger partial charge is 0.337 e. The molecule has 0 spiro atoms. The summed E-state index contributed by atoms with van der Waals surface area (Å²) in [6.07, 6.45) is 6.20. The van der Waals surface area contributed by atoms with Crippen LogP contribution in [0.15, 0.2) is 72.8 Å². The molecule has 0 saturated heterocycles. The Morgan fingerprint density at radius 1 is 0.889 bits per heavy atom. The minimum Gasteiger partial charge on any atom is -0.478 e. The quantitative estimate of drug-likeness (QED) is 0.225. The van der Waals surface area contributed by atoms with Crippen LogP contribution in [0.2, 0.25) is 0 Å². The van der Waals surface area contributed by atoms with E-state index in [2.05, 4.69) is 34.9 Å². The number of nitrogens with one attached hydrogen (secondary N) is 2. The summed E-state index contributed by atoms with van der Waals surface area (Å²) in [4.78, 5) is 11.7. The highest BCUT2D eigenvalue weighted by molar-refractivity contribution is 5.95. The molecule has 3 aromatic rings.